The van der Waals surface area contributed by atoms with Gasteiger partial charge < -0.3 is 20.0 Å². The minimum Gasteiger partial charge on any atom is -0.394 e. The van der Waals surface area contributed by atoms with E-state index in [0.29, 0.717) is 25.7 Å². The highest BCUT2D eigenvalue weighted by Gasteiger charge is 2.37. The fraction of sp³-hybridized carbons (Fsp3) is 0.818. The van der Waals surface area contributed by atoms with E-state index in [1.807, 2.05) is 0 Å². The van der Waals surface area contributed by atoms with Crippen molar-refractivity contribution in [2.24, 2.45) is 0 Å². The van der Waals surface area contributed by atoms with Gasteiger partial charge in [0.15, 0.2) is 0 Å². The predicted molar refractivity (Wildman–Crippen MR) is 58.8 cm³/mol. The molecule has 0 aliphatic carbocycles. The number of nitrogens with zero attached hydrogens (tertiary/aromatic N) is 2. The normalized spacial score (nSPS) is 29.5. The molecule has 2 N–H and O–H groups in total. The Balaban J connectivity index is 2.03. The molecule has 2 amide bonds. The number of likely N-dealkylation sites (tertiary alicyclic amines) is 2. The zero-order chi connectivity index (χ0) is 12.4. The first-order chi connectivity index (χ1) is 8.17. The maximum Gasteiger partial charge on any atom is 0.224 e. The second-order valence-electron chi connectivity index (χ2n) is 4.62. The van der Waals surface area contributed by atoms with E-state index < -0.39 is 0 Å². The summed E-state index contributed by atoms with van der Waals surface area (Å²) >= 11 is 0. The molecular weight excluding hydrogens is 224 g/mol. The van der Waals surface area contributed by atoms with Gasteiger partial charge in [0.2, 0.25) is 11.8 Å². The molecule has 0 aromatic rings. The van der Waals surface area contributed by atoms with Gasteiger partial charge in [0.05, 0.1) is 32.0 Å². The molecule has 2 rings (SSSR count). The number of rotatable bonds is 4. The second-order valence-corrected chi connectivity index (χ2v) is 4.62. The Labute approximate surface area is 99.8 Å². The van der Waals surface area contributed by atoms with E-state index in [2.05, 4.69) is 0 Å². The minimum absolute atomic E-state index is 0.0274. The van der Waals surface area contributed by atoms with Crippen molar-refractivity contribution >= 4 is 11.8 Å². The molecule has 0 aromatic heterocycles. The molecule has 2 aliphatic heterocycles. The SMILES string of the molecule is O=C1CCC(CO)N1CN1C(=O)CCC1CO. The Morgan fingerprint density at radius 1 is 0.941 bits per heavy atom. The molecule has 0 spiro atoms. The average Bonchev–Trinajstić information content (AvgIpc) is 2.85. The minimum atomic E-state index is -0.185. The van der Waals surface area contributed by atoms with Crippen molar-refractivity contribution in [1.82, 2.24) is 9.80 Å². The van der Waals surface area contributed by atoms with Crippen LogP contribution in [0.4, 0.5) is 0 Å². The van der Waals surface area contributed by atoms with E-state index in [1.165, 1.54) is 0 Å². The molecule has 0 radical (unpaired) electrons. The largest absolute Gasteiger partial charge is 0.394 e. The Morgan fingerprint density at radius 2 is 1.35 bits per heavy atom. The molecule has 2 heterocycles. The molecule has 6 heteroatoms. The molecule has 17 heavy (non-hydrogen) atoms. The second kappa shape index (κ2) is 5.01. The van der Waals surface area contributed by atoms with E-state index in [0.717, 1.165) is 0 Å². The molecule has 0 aromatic carbocycles. The Morgan fingerprint density at radius 3 is 1.71 bits per heavy atom. The summed E-state index contributed by atoms with van der Waals surface area (Å²) < 4.78 is 0. The Kier molecular flexibility index (Phi) is 3.63. The third-order valence-corrected chi connectivity index (χ3v) is 3.63. The van der Waals surface area contributed by atoms with Gasteiger partial charge in [0.25, 0.3) is 0 Å². The highest BCUT2D eigenvalue weighted by molar-refractivity contribution is 5.81. The maximum absolute atomic E-state index is 11.6. The van der Waals surface area contributed by atoms with Crippen LogP contribution >= 0.6 is 0 Å². The first-order valence-electron chi connectivity index (χ1n) is 5.98. The molecule has 6 nitrogen and oxygen atoms in total. The summed E-state index contributed by atoms with van der Waals surface area (Å²) in [5.74, 6) is -0.0547. The van der Waals surface area contributed by atoms with Crippen LogP contribution < -0.4 is 0 Å². The van der Waals surface area contributed by atoms with Crippen LogP contribution in [0, 0.1) is 0 Å². The Hall–Kier alpha value is -1.14. The summed E-state index contributed by atoms with van der Waals surface area (Å²) in [4.78, 5) is 26.4. The van der Waals surface area contributed by atoms with Crippen LogP contribution in [0.5, 0.6) is 0 Å². The number of carbonyl (C=O) groups is 2. The van der Waals surface area contributed by atoms with Gasteiger partial charge in [-0.15, -0.1) is 0 Å². The lowest BCUT2D eigenvalue weighted by molar-refractivity contribution is -0.138. The van der Waals surface area contributed by atoms with Crippen molar-refractivity contribution in [3.05, 3.63) is 0 Å². The first-order valence-corrected chi connectivity index (χ1v) is 5.98. The van der Waals surface area contributed by atoms with E-state index in [-0.39, 0.29) is 43.8 Å². The summed E-state index contributed by atoms with van der Waals surface area (Å²) in [7, 11) is 0. The zero-order valence-corrected chi connectivity index (χ0v) is 9.71. The summed E-state index contributed by atoms with van der Waals surface area (Å²) in [6, 6.07) is -0.370. The van der Waals surface area contributed by atoms with E-state index in [9.17, 15) is 19.8 Å². The summed E-state index contributed by atoms with van der Waals surface area (Å²) in [5.41, 5.74) is 0. The van der Waals surface area contributed by atoms with Crippen LogP contribution in [0.2, 0.25) is 0 Å². The Bertz CT molecular complexity index is 291. The van der Waals surface area contributed by atoms with E-state index >= 15 is 0 Å². The lowest BCUT2D eigenvalue weighted by Crippen LogP contribution is -2.48. The number of amides is 2. The average molecular weight is 242 g/mol. The highest BCUT2D eigenvalue weighted by Crippen LogP contribution is 2.23. The quantitative estimate of drug-likeness (QED) is 0.656. The van der Waals surface area contributed by atoms with Crippen LogP contribution in [0.1, 0.15) is 25.7 Å². The molecule has 2 atom stereocenters. The van der Waals surface area contributed by atoms with Crippen LogP contribution in [0.3, 0.4) is 0 Å². The molecule has 96 valence electrons. The van der Waals surface area contributed by atoms with Crippen molar-refractivity contribution in [1.29, 1.82) is 0 Å². The summed E-state index contributed by atoms with van der Waals surface area (Å²) in [5, 5.41) is 18.3. The van der Waals surface area contributed by atoms with Gasteiger partial charge >= 0.3 is 0 Å². The van der Waals surface area contributed by atoms with E-state index in [4.69, 9.17) is 0 Å². The van der Waals surface area contributed by atoms with Crippen LogP contribution in [0.25, 0.3) is 0 Å². The molecule has 2 saturated heterocycles. The fourth-order valence-corrected chi connectivity index (χ4v) is 2.52. The third-order valence-electron chi connectivity index (χ3n) is 3.63. The van der Waals surface area contributed by atoms with Crippen molar-refractivity contribution in [3.8, 4) is 0 Å². The monoisotopic (exact) mass is 242 g/mol. The fourth-order valence-electron chi connectivity index (χ4n) is 2.52. The highest BCUT2D eigenvalue weighted by atomic mass is 16.3. The molecule has 0 bridgehead atoms. The lowest BCUT2D eigenvalue weighted by atomic mass is 10.2. The van der Waals surface area contributed by atoms with Crippen LogP contribution in [0.15, 0.2) is 0 Å². The van der Waals surface area contributed by atoms with Crippen molar-refractivity contribution in [2.75, 3.05) is 19.9 Å². The van der Waals surface area contributed by atoms with Gasteiger partial charge in [-0.1, -0.05) is 0 Å². The van der Waals surface area contributed by atoms with Gasteiger partial charge in [-0.05, 0) is 12.8 Å². The molecule has 2 fully saturated rings. The van der Waals surface area contributed by atoms with Gasteiger partial charge in [0, 0.05) is 12.8 Å². The molecular formula is C11H18N2O4. The third kappa shape index (κ3) is 2.28. The number of aliphatic hydroxyl groups is 2. The summed E-state index contributed by atoms with van der Waals surface area (Å²) in [6.07, 6.45) is 2.14. The topological polar surface area (TPSA) is 81.1 Å². The molecule has 2 aliphatic rings. The lowest BCUT2D eigenvalue weighted by Gasteiger charge is -2.31. The molecule has 2 unspecified atom stereocenters. The number of carbonyl (C=O) groups excluding carboxylic acids is 2. The molecule has 0 saturated carbocycles. The summed E-state index contributed by atoms with van der Waals surface area (Å²) in [6.45, 7) is 0.0588. The first kappa shape index (κ1) is 12.3. The van der Waals surface area contributed by atoms with Crippen molar-refractivity contribution in [2.45, 2.75) is 37.8 Å². The van der Waals surface area contributed by atoms with Gasteiger partial charge in [-0.2, -0.15) is 0 Å². The van der Waals surface area contributed by atoms with Gasteiger partial charge in [0.1, 0.15) is 0 Å². The zero-order valence-electron chi connectivity index (χ0n) is 9.71. The van der Waals surface area contributed by atoms with Gasteiger partial charge in [-0.3, -0.25) is 9.59 Å². The maximum atomic E-state index is 11.6. The van der Waals surface area contributed by atoms with Crippen molar-refractivity contribution in [3.63, 3.8) is 0 Å². The van der Waals surface area contributed by atoms with Gasteiger partial charge in [-0.25, -0.2) is 0 Å². The van der Waals surface area contributed by atoms with Crippen LogP contribution in [-0.2, 0) is 9.59 Å². The van der Waals surface area contributed by atoms with E-state index in [1.54, 1.807) is 9.80 Å². The number of hydrogen-bond acceptors (Lipinski definition) is 4. The number of hydrogen-bond donors (Lipinski definition) is 2. The van der Waals surface area contributed by atoms with Crippen LogP contribution in [-0.4, -0.2) is 63.8 Å². The standard InChI is InChI=1S/C11H18N2O4/c14-5-8-1-3-10(16)12(8)7-13-9(6-15)2-4-11(13)17/h8-9,14-15H,1-7H2. The predicted octanol–water partition coefficient (Wildman–Crippen LogP) is -1.09. The number of aliphatic hydroxyl groups excluding tert-OH is 2. The van der Waals surface area contributed by atoms with Crippen molar-refractivity contribution < 1.29 is 19.8 Å². The smallest absolute Gasteiger partial charge is 0.224 e.